The monoisotopic (exact) mass is 426 g/mol. The van der Waals surface area contributed by atoms with E-state index in [4.69, 9.17) is 18.9 Å². The number of phenolic OH excluding ortho intramolecular Hbond substituents is 1. The van der Waals surface area contributed by atoms with Gasteiger partial charge in [0.15, 0.2) is 24.2 Å². The van der Waals surface area contributed by atoms with Crippen molar-refractivity contribution in [2.24, 2.45) is 0 Å². The second-order valence-electron chi connectivity index (χ2n) is 8.10. The number of aromatic hydroxyl groups is 1. The molecule has 2 fully saturated rings. The average molecular weight is 427 g/mol. The number of rotatable bonds is 7. The van der Waals surface area contributed by atoms with Gasteiger partial charge in [0, 0.05) is 19.6 Å². The Bertz CT molecular complexity index is 823. The highest BCUT2D eigenvalue weighted by Crippen LogP contribution is 2.34. The Hall–Kier alpha value is -2.25. The topological polar surface area (TPSA) is 74.2 Å². The van der Waals surface area contributed by atoms with Gasteiger partial charge in [0.25, 0.3) is 0 Å². The fourth-order valence-electron chi connectivity index (χ4n) is 3.94. The van der Waals surface area contributed by atoms with E-state index in [0.717, 1.165) is 44.1 Å². The van der Waals surface area contributed by atoms with E-state index in [1.54, 1.807) is 24.3 Å². The number of carbonyl (C=O) groups is 1. The van der Waals surface area contributed by atoms with Crippen LogP contribution in [-0.4, -0.2) is 42.5 Å². The highest BCUT2D eigenvalue weighted by atomic mass is 16.8. The Morgan fingerprint density at radius 2 is 1.71 bits per heavy atom. The summed E-state index contributed by atoms with van der Waals surface area (Å²) in [5, 5.41) is 9.86. The molecule has 4 rings (SSSR count). The zero-order chi connectivity index (χ0) is 21.5. The van der Waals surface area contributed by atoms with Gasteiger partial charge >= 0.3 is 0 Å². The highest BCUT2D eigenvalue weighted by molar-refractivity contribution is 6.06. The average Bonchev–Trinajstić information content (AvgIpc) is 2.80. The van der Waals surface area contributed by atoms with Gasteiger partial charge in [0.05, 0.1) is 5.56 Å². The molecule has 0 spiro atoms. The lowest BCUT2D eigenvalue weighted by atomic mass is 10.00. The van der Waals surface area contributed by atoms with Crippen LogP contribution in [0.2, 0.25) is 0 Å². The molecule has 2 atom stereocenters. The summed E-state index contributed by atoms with van der Waals surface area (Å²) in [7, 11) is 0. The Morgan fingerprint density at radius 1 is 1.03 bits per heavy atom. The predicted octanol–water partition coefficient (Wildman–Crippen LogP) is 4.80. The van der Waals surface area contributed by atoms with Gasteiger partial charge in [-0.2, -0.15) is 0 Å². The molecule has 3 aliphatic rings. The molecule has 2 unspecified atom stereocenters. The number of ketones is 1. The number of allylic oxidation sites excluding steroid dienone is 4. The smallest absolute Gasteiger partial charge is 0.197 e. The van der Waals surface area contributed by atoms with E-state index < -0.39 is 5.79 Å². The van der Waals surface area contributed by atoms with Crippen molar-refractivity contribution in [3.05, 3.63) is 65.8 Å². The summed E-state index contributed by atoms with van der Waals surface area (Å²) in [6.45, 7) is 1.39. The summed E-state index contributed by atoms with van der Waals surface area (Å²) < 4.78 is 24.2. The number of para-hydroxylation sites is 1. The van der Waals surface area contributed by atoms with Crippen molar-refractivity contribution in [2.75, 3.05) is 13.2 Å². The van der Waals surface area contributed by atoms with E-state index in [1.165, 1.54) is 12.1 Å². The maximum Gasteiger partial charge on any atom is 0.197 e. The first-order chi connectivity index (χ1) is 15.1. The van der Waals surface area contributed by atoms with Crippen LogP contribution in [0.15, 0.2) is 60.2 Å². The number of hydrogen-bond acceptors (Lipinski definition) is 6. The van der Waals surface area contributed by atoms with Crippen molar-refractivity contribution < 1.29 is 28.8 Å². The van der Waals surface area contributed by atoms with E-state index in [2.05, 4.69) is 0 Å². The minimum absolute atomic E-state index is 0.0221. The lowest BCUT2D eigenvalue weighted by Crippen LogP contribution is -2.44. The van der Waals surface area contributed by atoms with Crippen molar-refractivity contribution in [1.82, 2.24) is 0 Å². The second-order valence-corrected chi connectivity index (χ2v) is 8.10. The minimum atomic E-state index is -0.941. The largest absolute Gasteiger partial charge is 0.507 e. The van der Waals surface area contributed by atoms with Gasteiger partial charge in [-0.15, -0.1) is 0 Å². The molecule has 166 valence electrons. The van der Waals surface area contributed by atoms with Crippen LogP contribution in [-0.2, 0) is 18.9 Å². The third-order valence-electron chi connectivity index (χ3n) is 5.69. The molecule has 0 saturated carbocycles. The minimum Gasteiger partial charge on any atom is -0.507 e. The second kappa shape index (κ2) is 10.4. The fourth-order valence-corrected chi connectivity index (χ4v) is 3.94. The van der Waals surface area contributed by atoms with Crippen LogP contribution in [0.4, 0.5) is 0 Å². The summed E-state index contributed by atoms with van der Waals surface area (Å²) in [5.41, 5.74) is 1.16. The van der Waals surface area contributed by atoms with Crippen molar-refractivity contribution in [3.63, 3.8) is 0 Å². The van der Waals surface area contributed by atoms with Crippen molar-refractivity contribution in [3.8, 4) is 5.75 Å². The normalized spacial score (nSPS) is 29.1. The van der Waals surface area contributed by atoms with Crippen LogP contribution in [0.3, 0.4) is 0 Å². The molecule has 6 nitrogen and oxygen atoms in total. The van der Waals surface area contributed by atoms with Gasteiger partial charge in [-0.1, -0.05) is 30.4 Å². The van der Waals surface area contributed by atoms with Crippen LogP contribution in [0, 0.1) is 0 Å². The Morgan fingerprint density at radius 3 is 2.26 bits per heavy atom. The van der Waals surface area contributed by atoms with Crippen LogP contribution < -0.4 is 0 Å². The van der Waals surface area contributed by atoms with Crippen LogP contribution in [0.1, 0.15) is 55.3 Å². The first-order valence-corrected chi connectivity index (χ1v) is 11.1. The Labute approximate surface area is 183 Å². The van der Waals surface area contributed by atoms with E-state index in [0.29, 0.717) is 19.6 Å². The van der Waals surface area contributed by atoms with Crippen LogP contribution in [0.5, 0.6) is 5.75 Å². The molecular formula is C25H30O6. The SMILES string of the molecule is O=C(C=CC1=CCC(OC2CCCCO2)(OC2CCCCO2)C=C1)c1ccccc1O. The van der Waals surface area contributed by atoms with Gasteiger partial charge in [0.1, 0.15) is 5.75 Å². The molecule has 2 saturated heterocycles. The quantitative estimate of drug-likeness (QED) is 0.384. The Balaban J connectivity index is 1.44. The van der Waals surface area contributed by atoms with Crippen LogP contribution >= 0.6 is 0 Å². The number of carbonyl (C=O) groups excluding carboxylic acids is 1. The summed E-state index contributed by atoms with van der Waals surface area (Å²) in [4.78, 5) is 12.4. The summed E-state index contributed by atoms with van der Waals surface area (Å²) in [6.07, 6.45) is 14.8. The molecule has 0 amide bonds. The van der Waals surface area contributed by atoms with E-state index in [1.807, 2.05) is 18.2 Å². The van der Waals surface area contributed by atoms with Crippen molar-refractivity contribution in [2.45, 2.75) is 63.3 Å². The zero-order valence-electron chi connectivity index (χ0n) is 17.7. The third-order valence-corrected chi connectivity index (χ3v) is 5.69. The third kappa shape index (κ3) is 5.92. The molecule has 31 heavy (non-hydrogen) atoms. The van der Waals surface area contributed by atoms with E-state index >= 15 is 0 Å². The molecule has 6 heteroatoms. The molecule has 2 aliphatic heterocycles. The first-order valence-electron chi connectivity index (χ1n) is 11.1. The highest BCUT2D eigenvalue weighted by Gasteiger charge is 2.37. The first kappa shape index (κ1) is 22.0. The number of benzene rings is 1. The number of phenols is 1. The molecule has 1 N–H and O–H groups in total. The predicted molar refractivity (Wildman–Crippen MR) is 116 cm³/mol. The summed E-state index contributed by atoms with van der Waals surface area (Å²) in [5.74, 6) is -1.21. The fraction of sp³-hybridized carbons (Fsp3) is 0.480. The van der Waals surface area contributed by atoms with Gasteiger partial charge in [-0.25, -0.2) is 0 Å². The van der Waals surface area contributed by atoms with Gasteiger partial charge in [0.2, 0.25) is 0 Å². The molecule has 2 heterocycles. The van der Waals surface area contributed by atoms with Crippen molar-refractivity contribution >= 4 is 5.78 Å². The van der Waals surface area contributed by atoms with Gasteiger partial charge in [-0.3, -0.25) is 4.79 Å². The standard InChI is InChI=1S/C25H30O6/c26-21-8-2-1-7-20(21)22(27)12-11-19-13-15-25(16-14-19,30-23-9-3-5-17-28-23)31-24-10-4-6-18-29-24/h1-2,7-8,11-15,23-24,26H,3-6,9-10,16-18H2. The van der Waals surface area contributed by atoms with Gasteiger partial charge in [-0.05, 0) is 68.4 Å². The number of ether oxygens (including phenoxy) is 4. The lowest BCUT2D eigenvalue weighted by Gasteiger charge is -2.39. The maximum absolute atomic E-state index is 12.4. The molecule has 0 aromatic heterocycles. The number of hydrogen-bond donors (Lipinski definition) is 1. The summed E-state index contributed by atoms with van der Waals surface area (Å²) in [6, 6.07) is 6.52. The zero-order valence-corrected chi connectivity index (χ0v) is 17.7. The molecule has 1 aliphatic carbocycles. The maximum atomic E-state index is 12.4. The summed E-state index contributed by atoms with van der Waals surface area (Å²) >= 11 is 0. The van der Waals surface area contributed by atoms with E-state index in [-0.39, 0.29) is 29.7 Å². The van der Waals surface area contributed by atoms with Crippen LogP contribution in [0.25, 0.3) is 0 Å². The molecular weight excluding hydrogens is 396 g/mol. The molecule has 0 bridgehead atoms. The Kier molecular flexibility index (Phi) is 7.35. The van der Waals surface area contributed by atoms with Crippen molar-refractivity contribution in [1.29, 1.82) is 0 Å². The van der Waals surface area contributed by atoms with E-state index in [9.17, 15) is 9.90 Å². The lowest BCUT2D eigenvalue weighted by molar-refractivity contribution is -0.340. The molecule has 1 aromatic rings. The molecule has 1 aromatic carbocycles. The molecule has 0 radical (unpaired) electrons. The van der Waals surface area contributed by atoms with Gasteiger partial charge < -0.3 is 24.1 Å².